The van der Waals surface area contributed by atoms with Crippen molar-refractivity contribution in [3.05, 3.63) is 35.9 Å². The summed E-state index contributed by atoms with van der Waals surface area (Å²) in [5, 5.41) is 0. The second-order valence-corrected chi connectivity index (χ2v) is 6.37. The van der Waals surface area contributed by atoms with Crippen LogP contribution in [0, 0.1) is 5.92 Å². The van der Waals surface area contributed by atoms with Crippen molar-refractivity contribution in [2.24, 2.45) is 16.6 Å². The molecule has 0 spiro atoms. The number of amides is 1. The van der Waals surface area contributed by atoms with Crippen LogP contribution in [0.15, 0.2) is 35.3 Å². The molecule has 2 fully saturated rings. The van der Waals surface area contributed by atoms with Gasteiger partial charge in [-0.15, -0.1) is 24.0 Å². The average Bonchev–Trinajstić information content (AvgIpc) is 3.33. The summed E-state index contributed by atoms with van der Waals surface area (Å²) in [6.07, 6.45) is 2.94. The van der Waals surface area contributed by atoms with E-state index in [4.69, 9.17) is 5.73 Å². The summed E-state index contributed by atoms with van der Waals surface area (Å²) in [5.41, 5.74) is 7.24. The van der Waals surface area contributed by atoms with E-state index >= 15 is 0 Å². The average molecular weight is 428 g/mol. The zero-order valence-corrected chi connectivity index (χ0v) is 16.0. The highest BCUT2D eigenvalue weighted by atomic mass is 127. The topological polar surface area (TPSA) is 61.9 Å². The van der Waals surface area contributed by atoms with E-state index in [1.54, 1.807) is 0 Å². The Hall–Kier alpha value is -1.31. The Kier molecular flexibility index (Phi) is 5.89. The Morgan fingerprint density at radius 1 is 1.35 bits per heavy atom. The first-order valence-electron chi connectivity index (χ1n) is 7.91. The quantitative estimate of drug-likeness (QED) is 0.455. The number of hydrogen-bond acceptors (Lipinski definition) is 2. The molecular weight excluding hydrogens is 403 g/mol. The van der Waals surface area contributed by atoms with Crippen LogP contribution in [0.3, 0.4) is 0 Å². The lowest BCUT2D eigenvalue weighted by atomic mass is 9.94. The molecule has 0 unspecified atom stereocenters. The monoisotopic (exact) mass is 428 g/mol. The summed E-state index contributed by atoms with van der Waals surface area (Å²) in [6, 6.07) is 10.8. The number of rotatable bonds is 4. The minimum atomic E-state index is 0. The summed E-state index contributed by atoms with van der Waals surface area (Å²) < 4.78 is 0. The fourth-order valence-corrected chi connectivity index (χ4v) is 3.23. The number of nitrogens with two attached hydrogens (primary N) is 1. The van der Waals surface area contributed by atoms with E-state index in [2.05, 4.69) is 22.0 Å². The van der Waals surface area contributed by atoms with Gasteiger partial charge in [0, 0.05) is 39.0 Å². The lowest BCUT2D eigenvalue weighted by molar-refractivity contribution is -0.127. The van der Waals surface area contributed by atoms with Gasteiger partial charge in [0.2, 0.25) is 5.91 Å². The minimum absolute atomic E-state index is 0. The van der Waals surface area contributed by atoms with Crippen molar-refractivity contribution in [3.8, 4) is 0 Å². The van der Waals surface area contributed by atoms with Gasteiger partial charge in [-0.2, -0.15) is 0 Å². The smallest absolute Gasteiger partial charge is 0.223 e. The number of carbonyl (C=O) groups excluding carboxylic acids is 1. The Morgan fingerprint density at radius 3 is 2.61 bits per heavy atom. The zero-order chi connectivity index (χ0) is 15.7. The molecular formula is C17H25IN4O. The van der Waals surface area contributed by atoms with Crippen molar-refractivity contribution in [3.63, 3.8) is 0 Å². The molecule has 1 amide bonds. The minimum Gasteiger partial charge on any atom is -0.370 e. The number of nitrogens with zero attached hydrogens (tertiary/aromatic N) is 3. The Balaban J connectivity index is 0.00000192. The Morgan fingerprint density at radius 2 is 2.00 bits per heavy atom. The van der Waals surface area contributed by atoms with Gasteiger partial charge in [0.05, 0.1) is 6.04 Å². The molecule has 126 valence electrons. The van der Waals surface area contributed by atoms with E-state index in [1.165, 1.54) is 18.4 Å². The van der Waals surface area contributed by atoms with Crippen molar-refractivity contribution >= 4 is 35.8 Å². The van der Waals surface area contributed by atoms with Crippen molar-refractivity contribution in [2.75, 3.05) is 20.6 Å². The number of carbonyl (C=O) groups is 1. The van der Waals surface area contributed by atoms with E-state index in [1.807, 2.05) is 37.2 Å². The van der Waals surface area contributed by atoms with Gasteiger partial charge in [-0.3, -0.25) is 9.79 Å². The van der Waals surface area contributed by atoms with Crippen LogP contribution in [0.5, 0.6) is 0 Å². The van der Waals surface area contributed by atoms with Gasteiger partial charge in [-0.05, 0) is 18.4 Å². The molecule has 3 rings (SSSR count). The second kappa shape index (κ2) is 7.51. The van der Waals surface area contributed by atoms with Crippen molar-refractivity contribution < 1.29 is 4.79 Å². The van der Waals surface area contributed by atoms with Crippen LogP contribution in [-0.4, -0.2) is 48.3 Å². The standard InChI is InChI=1S/C17H24N4O.HI/c1-20(14-8-9-14)17(18)19-11-13-10-15(22)21(2)16(13)12-6-4-3-5-7-12;/h3-7,13-14,16H,8-11H2,1-2H3,(H2,18,19);1H/t13-,16-;/m0./s1. The summed E-state index contributed by atoms with van der Waals surface area (Å²) in [4.78, 5) is 20.6. The normalized spacial score (nSPS) is 24.5. The van der Waals surface area contributed by atoms with E-state index < -0.39 is 0 Å². The fourth-order valence-electron chi connectivity index (χ4n) is 3.23. The Labute approximate surface area is 154 Å². The molecule has 0 radical (unpaired) electrons. The Bertz CT molecular complexity index is 573. The fraction of sp³-hybridized carbons (Fsp3) is 0.529. The van der Waals surface area contributed by atoms with E-state index in [0.29, 0.717) is 25.0 Å². The number of guanidine groups is 1. The van der Waals surface area contributed by atoms with Gasteiger partial charge in [0.25, 0.3) is 0 Å². The van der Waals surface area contributed by atoms with Gasteiger partial charge >= 0.3 is 0 Å². The van der Waals surface area contributed by atoms with Crippen molar-refractivity contribution in [2.45, 2.75) is 31.3 Å². The summed E-state index contributed by atoms with van der Waals surface area (Å²) in [6.45, 7) is 0.596. The summed E-state index contributed by atoms with van der Waals surface area (Å²) in [7, 11) is 3.88. The lowest BCUT2D eigenvalue weighted by Crippen LogP contribution is -2.36. The molecule has 1 aliphatic carbocycles. The molecule has 1 aromatic rings. The maximum absolute atomic E-state index is 12.1. The van der Waals surface area contributed by atoms with Crippen LogP contribution in [0.4, 0.5) is 0 Å². The predicted molar refractivity (Wildman–Crippen MR) is 103 cm³/mol. The van der Waals surface area contributed by atoms with Gasteiger partial charge in [-0.25, -0.2) is 0 Å². The third kappa shape index (κ3) is 3.97. The van der Waals surface area contributed by atoms with Crippen LogP contribution >= 0.6 is 24.0 Å². The zero-order valence-electron chi connectivity index (χ0n) is 13.7. The molecule has 6 heteroatoms. The van der Waals surface area contributed by atoms with Crippen LogP contribution in [0.1, 0.15) is 30.9 Å². The molecule has 2 aliphatic rings. The number of benzene rings is 1. The molecule has 1 aliphatic heterocycles. The van der Waals surface area contributed by atoms with Crippen LogP contribution < -0.4 is 5.73 Å². The third-order valence-electron chi connectivity index (χ3n) is 4.78. The molecule has 2 atom stereocenters. The number of likely N-dealkylation sites (tertiary alicyclic amines) is 1. The number of halogens is 1. The largest absolute Gasteiger partial charge is 0.370 e. The highest BCUT2D eigenvalue weighted by molar-refractivity contribution is 14.0. The van der Waals surface area contributed by atoms with Crippen LogP contribution in [0.2, 0.25) is 0 Å². The lowest BCUT2D eigenvalue weighted by Gasteiger charge is -2.25. The van der Waals surface area contributed by atoms with Gasteiger partial charge in [0.1, 0.15) is 0 Å². The first-order chi connectivity index (χ1) is 10.6. The predicted octanol–water partition coefficient (Wildman–Crippen LogP) is 2.23. The molecule has 23 heavy (non-hydrogen) atoms. The van der Waals surface area contributed by atoms with Gasteiger partial charge < -0.3 is 15.5 Å². The van der Waals surface area contributed by atoms with E-state index in [9.17, 15) is 4.79 Å². The molecule has 1 aromatic carbocycles. The maximum atomic E-state index is 12.1. The van der Waals surface area contributed by atoms with Gasteiger partial charge in [0.15, 0.2) is 5.96 Å². The summed E-state index contributed by atoms with van der Waals surface area (Å²) >= 11 is 0. The first-order valence-corrected chi connectivity index (χ1v) is 7.91. The van der Waals surface area contributed by atoms with E-state index in [0.717, 1.165) is 0 Å². The maximum Gasteiger partial charge on any atom is 0.223 e. The molecule has 1 saturated carbocycles. The third-order valence-corrected chi connectivity index (χ3v) is 4.78. The summed E-state index contributed by atoms with van der Waals surface area (Å²) in [5.74, 6) is 0.963. The number of hydrogen-bond donors (Lipinski definition) is 1. The van der Waals surface area contributed by atoms with Crippen molar-refractivity contribution in [1.82, 2.24) is 9.80 Å². The number of aliphatic imine (C=N–C) groups is 1. The second-order valence-electron chi connectivity index (χ2n) is 6.37. The molecule has 5 nitrogen and oxygen atoms in total. The van der Waals surface area contributed by atoms with Gasteiger partial charge in [-0.1, -0.05) is 30.3 Å². The molecule has 2 N–H and O–H groups in total. The molecule has 1 heterocycles. The molecule has 0 aromatic heterocycles. The van der Waals surface area contributed by atoms with Crippen LogP contribution in [0.25, 0.3) is 0 Å². The first kappa shape index (κ1) is 18.0. The molecule has 0 bridgehead atoms. The molecule has 1 saturated heterocycles. The SMILES string of the molecule is CN(C(N)=NC[C@@H]1CC(=O)N(C)[C@H]1c1ccccc1)C1CC1.I. The highest BCUT2D eigenvalue weighted by Crippen LogP contribution is 2.37. The highest BCUT2D eigenvalue weighted by Gasteiger charge is 2.38. The van der Waals surface area contributed by atoms with E-state index in [-0.39, 0.29) is 41.8 Å². The van der Waals surface area contributed by atoms with Crippen molar-refractivity contribution in [1.29, 1.82) is 0 Å². The van der Waals surface area contributed by atoms with Crippen LogP contribution in [-0.2, 0) is 4.79 Å².